The fourth-order valence-electron chi connectivity index (χ4n) is 1.04. The molecular weight excluding hydrogens is 254 g/mol. The van der Waals surface area contributed by atoms with Crippen molar-refractivity contribution in [2.24, 2.45) is 0 Å². The minimum absolute atomic E-state index is 0.114. The van der Waals surface area contributed by atoms with Crippen LogP contribution in [-0.4, -0.2) is 9.97 Å². The first kappa shape index (κ1) is 11.1. The third-order valence-corrected chi connectivity index (χ3v) is 2.28. The Hall–Kier alpha value is -1.39. The second kappa shape index (κ2) is 4.63. The molecule has 0 atom stereocenters. The van der Waals surface area contributed by atoms with Crippen LogP contribution in [0, 0.1) is 5.82 Å². The highest BCUT2D eigenvalue weighted by Crippen LogP contribution is 2.31. The van der Waals surface area contributed by atoms with E-state index in [2.05, 4.69) is 9.97 Å². The highest BCUT2D eigenvalue weighted by Gasteiger charge is 2.08. The van der Waals surface area contributed by atoms with E-state index in [9.17, 15) is 4.39 Å². The van der Waals surface area contributed by atoms with Gasteiger partial charge in [0.25, 0.3) is 5.88 Å². The Morgan fingerprint density at radius 2 is 1.88 bits per heavy atom. The second-order valence-corrected chi connectivity index (χ2v) is 3.59. The molecule has 1 aromatic heterocycles. The molecule has 1 aromatic carbocycles. The van der Waals surface area contributed by atoms with Crippen LogP contribution >= 0.6 is 23.2 Å². The highest BCUT2D eigenvalue weighted by molar-refractivity contribution is 6.32. The Balaban J connectivity index is 2.31. The minimum atomic E-state index is -0.442. The number of rotatable bonds is 2. The Kier molecular flexibility index (Phi) is 3.22. The maximum atomic E-state index is 12.8. The van der Waals surface area contributed by atoms with E-state index in [0.29, 0.717) is 0 Å². The van der Waals surface area contributed by atoms with Gasteiger partial charge < -0.3 is 4.74 Å². The number of ether oxygens (including phenoxy) is 1. The van der Waals surface area contributed by atoms with Gasteiger partial charge in [-0.2, -0.15) is 0 Å². The summed E-state index contributed by atoms with van der Waals surface area (Å²) in [5.74, 6) is -0.0502. The quantitative estimate of drug-likeness (QED) is 0.824. The van der Waals surface area contributed by atoms with Crippen LogP contribution in [-0.2, 0) is 0 Å². The van der Waals surface area contributed by atoms with Gasteiger partial charge in [0.1, 0.15) is 11.6 Å². The summed E-state index contributed by atoms with van der Waals surface area (Å²) >= 11 is 11.5. The standard InChI is InChI=1S/C10H5Cl2FN2O/c11-7-5-6(13)1-2-8(7)16-10-9(12)14-3-4-15-10/h1-5H. The molecule has 0 amide bonds. The number of nitrogens with zero attached hydrogens (tertiary/aromatic N) is 2. The van der Waals surface area contributed by atoms with Crippen molar-refractivity contribution in [2.75, 3.05) is 0 Å². The van der Waals surface area contributed by atoms with Crippen molar-refractivity contribution < 1.29 is 9.13 Å². The largest absolute Gasteiger partial charge is 0.435 e. The molecule has 0 radical (unpaired) electrons. The molecule has 0 spiro atoms. The molecule has 0 aliphatic rings. The maximum absolute atomic E-state index is 12.8. The smallest absolute Gasteiger partial charge is 0.257 e. The van der Waals surface area contributed by atoms with Gasteiger partial charge in [-0.05, 0) is 18.2 Å². The van der Waals surface area contributed by atoms with Crippen LogP contribution in [0.5, 0.6) is 11.6 Å². The summed E-state index contributed by atoms with van der Waals surface area (Å²) in [7, 11) is 0. The Bertz CT molecular complexity index is 522. The zero-order valence-electron chi connectivity index (χ0n) is 7.82. The van der Waals surface area contributed by atoms with Crippen molar-refractivity contribution in [2.45, 2.75) is 0 Å². The molecular formula is C10H5Cl2FN2O. The van der Waals surface area contributed by atoms with Gasteiger partial charge in [0.2, 0.25) is 0 Å². The average molecular weight is 259 g/mol. The summed E-state index contributed by atoms with van der Waals surface area (Å²) < 4.78 is 18.1. The summed E-state index contributed by atoms with van der Waals surface area (Å²) in [6, 6.07) is 3.76. The van der Waals surface area contributed by atoms with Crippen LogP contribution in [0.15, 0.2) is 30.6 Å². The van der Waals surface area contributed by atoms with E-state index in [1.807, 2.05) is 0 Å². The number of hydrogen-bond donors (Lipinski definition) is 0. The van der Waals surface area contributed by atoms with Gasteiger partial charge in [0.05, 0.1) is 5.02 Å². The monoisotopic (exact) mass is 258 g/mol. The predicted molar refractivity (Wildman–Crippen MR) is 58.5 cm³/mol. The number of aromatic nitrogens is 2. The molecule has 0 saturated heterocycles. The normalized spacial score (nSPS) is 10.2. The molecule has 0 N–H and O–H groups in total. The fraction of sp³-hybridized carbons (Fsp3) is 0. The fourth-order valence-corrected chi connectivity index (χ4v) is 1.39. The molecule has 0 fully saturated rings. The molecule has 82 valence electrons. The third-order valence-electron chi connectivity index (χ3n) is 1.72. The molecule has 6 heteroatoms. The van der Waals surface area contributed by atoms with Crippen LogP contribution in [0.1, 0.15) is 0 Å². The maximum Gasteiger partial charge on any atom is 0.257 e. The van der Waals surface area contributed by atoms with E-state index >= 15 is 0 Å². The van der Waals surface area contributed by atoms with Crippen molar-refractivity contribution >= 4 is 23.2 Å². The second-order valence-electron chi connectivity index (χ2n) is 2.83. The number of halogens is 3. The molecule has 1 heterocycles. The molecule has 0 aliphatic heterocycles. The van der Waals surface area contributed by atoms with E-state index in [-0.39, 0.29) is 21.8 Å². The topological polar surface area (TPSA) is 35.0 Å². The van der Waals surface area contributed by atoms with Gasteiger partial charge in [-0.1, -0.05) is 23.2 Å². The van der Waals surface area contributed by atoms with Crippen molar-refractivity contribution in [3.05, 3.63) is 46.6 Å². The lowest BCUT2D eigenvalue weighted by Gasteiger charge is -2.06. The SMILES string of the molecule is Fc1ccc(Oc2nccnc2Cl)c(Cl)c1. The number of hydrogen-bond acceptors (Lipinski definition) is 3. The highest BCUT2D eigenvalue weighted by atomic mass is 35.5. The van der Waals surface area contributed by atoms with Crippen LogP contribution in [0.3, 0.4) is 0 Å². The van der Waals surface area contributed by atoms with Crippen LogP contribution < -0.4 is 4.74 Å². The average Bonchev–Trinajstić information content (AvgIpc) is 2.25. The van der Waals surface area contributed by atoms with E-state index in [0.717, 1.165) is 6.07 Å². The lowest BCUT2D eigenvalue weighted by Crippen LogP contribution is -1.91. The van der Waals surface area contributed by atoms with Gasteiger partial charge in [0, 0.05) is 12.4 Å². The van der Waals surface area contributed by atoms with Gasteiger partial charge in [0.15, 0.2) is 5.15 Å². The Labute approximate surface area is 101 Å². The Morgan fingerprint density at radius 3 is 2.56 bits per heavy atom. The molecule has 16 heavy (non-hydrogen) atoms. The zero-order valence-corrected chi connectivity index (χ0v) is 9.34. The predicted octanol–water partition coefficient (Wildman–Crippen LogP) is 3.71. The summed E-state index contributed by atoms with van der Waals surface area (Å²) in [5, 5.41) is 0.254. The lowest BCUT2D eigenvalue weighted by molar-refractivity contribution is 0.459. The van der Waals surface area contributed by atoms with Gasteiger partial charge in [-0.3, -0.25) is 0 Å². The summed E-state index contributed by atoms with van der Waals surface area (Å²) in [4.78, 5) is 7.65. The van der Waals surface area contributed by atoms with Crippen molar-refractivity contribution in [1.29, 1.82) is 0 Å². The molecule has 0 unspecified atom stereocenters. The lowest BCUT2D eigenvalue weighted by atomic mass is 10.3. The molecule has 0 aliphatic carbocycles. The summed E-state index contributed by atoms with van der Waals surface area (Å²) in [6.45, 7) is 0. The minimum Gasteiger partial charge on any atom is -0.435 e. The third kappa shape index (κ3) is 2.40. The van der Waals surface area contributed by atoms with Crippen LogP contribution in [0.25, 0.3) is 0 Å². The van der Waals surface area contributed by atoms with E-state index in [1.54, 1.807) is 0 Å². The molecule has 3 nitrogen and oxygen atoms in total. The van der Waals surface area contributed by atoms with Gasteiger partial charge in [-0.15, -0.1) is 0 Å². The van der Waals surface area contributed by atoms with Crippen LogP contribution in [0.4, 0.5) is 4.39 Å². The van der Waals surface area contributed by atoms with Crippen LogP contribution in [0.2, 0.25) is 10.2 Å². The van der Waals surface area contributed by atoms with E-state index in [4.69, 9.17) is 27.9 Å². The molecule has 2 rings (SSSR count). The van der Waals surface area contributed by atoms with Crippen molar-refractivity contribution in [1.82, 2.24) is 9.97 Å². The summed E-state index contributed by atoms with van der Waals surface area (Å²) in [5.41, 5.74) is 0. The van der Waals surface area contributed by atoms with E-state index < -0.39 is 5.82 Å². The first-order chi connectivity index (χ1) is 7.66. The van der Waals surface area contributed by atoms with E-state index in [1.165, 1.54) is 24.5 Å². The molecule has 0 saturated carbocycles. The molecule has 0 bridgehead atoms. The number of benzene rings is 1. The first-order valence-corrected chi connectivity index (χ1v) is 5.02. The molecule has 2 aromatic rings. The summed E-state index contributed by atoms with van der Waals surface area (Å²) in [6.07, 6.45) is 2.86. The first-order valence-electron chi connectivity index (χ1n) is 4.26. The van der Waals surface area contributed by atoms with Crippen molar-refractivity contribution in [3.8, 4) is 11.6 Å². The van der Waals surface area contributed by atoms with Crippen molar-refractivity contribution in [3.63, 3.8) is 0 Å². The van der Waals surface area contributed by atoms with Gasteiger partial charge >= 0.3 is 0 Å². The zero-order chi connectivity index (χ0) is 11.5. The van der Waals surface area contributed by atoms with Gasteiger partial charge in [-0.25, -0.2) is 14.4 Å². The Morgan fingerprint density at radius 1 is 1.12 bits per heavy atom.